The Kier molecular flexibility index (Phi) is 4.99. The molecule has 0 saturated carbocycles. The van der Waals surface area contributed by atoms with E-state index >= 15 is 0 Å². The van der Waals surface area contributed by atoms with Crippen LogP contribution in [0, 0.1) is 0 Å². The zero-order valence-electron chi connectivity index (χ0n) is 13.2. The average Bonchev–Trinajstić information content (AvgIpc) is 2.65. The lowest BCUT2D eigenvalue weighted by Gasteiger charge is -2.34. The summed E-state index contributed by atoms with van der Waals surface area (Å²) >= 11 is 1.85. The first-order chi connectivity index (χ1) is 11.4. The van der Waals surface area contributed by atoms with Crippen LogP contribution in [0.15, 0.2) is 102 Å². The number of hydrogen-bond acceptors (Lipinski definition) is 1. The van der Waals surface area contributed by atoms with E-state index in [0.717, 1.165) is 0 Å². The topological polar surface area (TPSA) is 0 Å². The molecule has 0 aliphatic rings. The van der Waals surface area contributed by atoms with Crippen molar-refractivity contribution in [2.75, 3.05) is 0 Å². The molecule has 0 N–H and O–H groups in total. The smallest absolute Gasteiger partial charge is 0.0948 e. The van der Waals surface area contributed by atoms with Crippen LogP contribution < -0.4 is 0 Å². The summed E-state index contributed by atoms with van der Waals surface area (Å²) in [6.07, 6.45) is 2.11. The Balaban J connectivity index is 2.30. The van der Waals surface area contributed by atoms with E-state index in [4.69, 9.17) is 0 Å². The van der Waals surface area contributed by atoms with Crippen molar-refractivity contribution in [2.45, 2.75) is 11.7 Å². The highest BCUT2D eigenvalue weighted by Crippen LogP contribution is 2.48. The second-order valence-electron chi connectivity index (χ2n) is 5.37. The third-order valence-electron chi connectivity index (χ3n) is 3.92. The Morgan fingerprint density at radius 2 is 0.957 bits per heavy atom. The van der Waals surface area contributed by atoms with Crippen LogP contribution in [0.5, 0.6) is 0 Å². The van der Waals surface area contributed by atoms with Crippen molar-refractivity contribution in [1.29, 1.82) is 0 Å². The van der Waals surface area contributed by atoms with Crippen LogP contribution in [0.4, 0.5) is 0 Å². The van der Waals surface area contributed by atoms with Crippen molar-refractivity contribution < 1.29 is 0 Å². The molecular weight excluding hydrogens is 296 g/mol. The molecular formula is C22H20S. The predicted molar refractivity (Wildman–Crippen MR) is 102 cm³/mol. The fraction of sp³-hybridized carbons (Fsp3) is 0.0909. The van der Waals surface area contributed by atoms with Crippen molar-refractivity contribution in [2.24, 2.45) is 0 Å². The second kappa shape index (κ2) is 7.34. The Labute approximate surface area is 142 Å². The predicted octanol–water partition coefficient (Wildman–Crippen LogP) is 6.25. The maximum Gasteiger partial charge on any atom is 0.0948 e. The van der Waals surface area contributed by atoms with Gasteiger partial charge in [-0.1, -0.05) is 97.1 Å². The van der Waals surface area contributed by atoms with Gasteiger partial charge in [0.25, 0.3) is 0 Å². The average molecular weight is 316 g/mol. The van der Waals surface area contributed by atoms with Crippen molar-refractivity contribution >= 4 is 11.8 Å². The molecule has 0 radical (unpaired) electrons. The Bertz CT molecular complexity index is 649. The molecule has 3 rings (SSSR count). The lowest BCUT2D eigenvalue weighted by Crippen LogP contribution is -2.24. The molecule has 0 heterocycles. The monoisotopic (exact) mass is 316 g/mol. The molecule has 0 aliphatic heterocycles. The summed E-state index contributed by atoms with van der Waals surface area (Å²) in [5, 5.41) is 2.19. The molecule has 23 heavy (non-hydrogen) atoms. The van der Waals surface area contributed by atoms with Crippen molar-refractivity contribution in [3.63, 3.8) is 0 Å². The molecule has 0 aliphatic carbocycles. The van der Waals surface area contributed by atoms with Gasteiger partial charge in [0, 0.05) is 0 Å². The first-order valence-electron chi connectivity index (χ1n) is 7.83. The summed E-state index contributed by atoms with van der Waals surface area (Å²) in [7, 11) is 0. The maximum atomic E-state index is 2.22. The normalized spacial score (nSPS) is 11.7. The van der Waals surface area contributed by atoms with E-state index in [1.54, 1.807) is 0 Å². The summed E-state index contributed by atoms with van der Waals surface area (Å²) in [4.78, 5) is 0. The van der Waals surface area contributed by atoms with E-state index in [9.17, 15) is 0 Å². The van der Waals surface area contributed by atoms with E-state index in [1.807, 2.05) is 11.8 Å². The van der Waals surface area contributed by atoms with Crippen LogP contribution in [0.2, 0.25) is 0 Å². The minimum atomic E-state index is -0.240. The maximum absolute atomic E-state index is 2.22. The van der Waals surface area contributed by atoms with Crippen molar-refractivity contribution in [3.05, 3.63) is 119 Å². The summed E-state index contributed by atoms with van der Waals surface area (Å²) in [5.74, 6) is 0. The lowest BCUT2D eigenvalue weighted by molar-refractivity contribution is 0.900. The molecule has 0 saturated heterocycles. The van der Waals surface area contributed by atoms with Crippen LogP contribution in [-0.2, 0) is 4.75 Å². The highest BCUT2D eigenvalue weighted by molar-refractivity contribution is 8.03. The molecule has 114 valence electrons. The van der Waals surface area contributed by atoms with Crippen LogP contribution in [0.1, 0.15) is 23.6 Å². The summed E-state index contributed by atoms with van der Waals surface area (Å²) in [6, 6.07) is 32.2. The number of hydrogen-bond donors (Lipinski definition) is 0. The zero-order valence-corrected chi connectivity index (χ0v) is 14.0. The summed E-state index contributed by atoms with van der Waals surface area (Å²) in [5.41, 5.74) is 3.88. The quantitative estimate of drug-likeness (QED) is 0.502. The van der Waals surface area contributed by atoms with Gasteiger partial charge in [0.15, 0.2) is 0 Å². The highest BCUT2D eigenvalue weighted by Gasteiger charge is 2.35. The minimum Gasteiger partial charge on any atom is -0.113 e. The molecule has 0 bridgehead atoms. The molecule has 0 unspecified atom stereocenters. The number of benzene rings is 3. The van der Waals surface area contributed by atoms with Crippen LogP contribution in [-0.4, -0.2) is 0 Å². The van der Waals surface area contributed by atoms with E-state index < -0.39 is 0 Å². The van der Waals surface area contributed by atoms with Crippen LogP contribution >= 0.6 is 11.8 Å². The van der Waals surface area contributed by atoms with E-state index in [-0.39, 0.29) is 4.75 Å². The molecule has 0 atom stereocenters. The Hall–Kier alpha value is -2.25. The molecule has 0 spiro atoms. The van der Waals surface area contributed by atoms with E-state index in [1.165, 1.54) is 16.7 Å². The number of rotatable bonds is 5. The second-order valence-corrected chi connectivity index (χ2v) is 6.49. The first-order valence-corrected chi connectivity index (χ1v) is 8.71. The van der Waals surface area contributed by atoms with E-state index in [2.05, 4.69) is 109 Å². The molecule has 0 aromatic heterocycles. The Morgan fingerprint density at radius 3 is 1.26 bits per heavy atom. The fourth-order valence-electron chi connectivity index (χ4n) is 2.89. The van der Waals surface area contributed by atoms with Crippen LogP contribution in [0.25, 0.3) is 0 Å². The molecule has 0 fully saturated rings. The van der Waals surface area contributed by atoms with Crippen LogP contribution in [0.3, 0.4) is 0 Å². The third kappa shape index (κ3) is 3.11. The molecule has 0 amide bonds. The van der Waals surface area contributed by atoms with Gasteiger partial charge in [-0.15, -0.1) is 11.8 Å². The molecule has 3 aromatic rings. The third-order valence-corrected chi connectivity index (χ3v) is 5.39. The first kappa shape index (κ1) is 15.6. The van der Waals surface area contributed by atoms with Crippen molar-refractivity contribution in [1.82, 2.24) is 0 Å². The zero-order chi connectivity index (χ0) is 16.0. The fourth-order valence-corrected chi connectivity index (χ4v) is 4.05. The van der Waals surface area contributed by atoms with Gasteiger partial charge in [-0.3, -0.25) is 0 Å². The van der Waals surface area contributed by atoms with Gasteiger partial charge >= 0.3 is 0 Å². The largest absolute Gasteiger partial charge is 0.113 e. The minimum absolute atomic E-state index is 0.240. The van der Waals surface area contributed by atoms with Gasteiger partial charge in [0.05, 0.1) is 4.75 Å². The van der Waals surface area contributed by atoms with Crippen molar-refractivity contribution in [3.8, 4) is 0 Å². The van der Waals surface area contributed by atoms with Gasteiger partial charge in [0.1, 0.15) is 0 Å². The van der Waals surface area contributed by atoms with Gasteiger partial charge in [-0.25, -0.2) is 0 Å². The van der Waals surface area contributed by atoms with Gasteiger partial charge in [-0.05, 0) is 29.0 Å². The van der Waals surface area contributed by atoms with Gasteiger partial charge in [0.2, 0.25) is 0 Å². The van der Waals surface area contributed by atoms with Gasteiger partial charge in [-0.2, -0.15) is 0 Å². The summed E-state index contributed by atoms with van der Waals surface area (Å²) in [6.45, 7) is 2.07. The SMILES string of the molecule is C/C=C\SC(c1ccccc1)(c1ccccc1)c1ccccc1. The highest BCUT2D eigenvalue weighted by atomic mass is 32.2. The van der Waals surface area contributed by atoms with E-state index in [0.29, 0.717) is 0 Å². The molecule has 0 nitrogen and oxygen atoms in total. The Morgan fingerprint density at radius 1 is 0.609 bits per heavy atom. The van der Waals surface area contributed by atoms with Gasteiger partial charge < -0.3 is 0 Å². The molecule has 3 aromatic carbocycles. The number of thioether (sulfide) groups is 1. The number of allylic oxidation sites excluding steroid dienone is 1. The molecule has 1 heteroatoms. The standard InChI is InChI=1S/C22H20S/c1-2-18-23-22(19-12-6-3-7-13-19,20-14-8-4-9-15-20)21-16-10-5-11-17-21/h2-18H,1H3/b18-2-. The lowest BCUT2D eigenvalue weighted by atomic mass is 9.84. The summed E-state index contributed by atoms with van der Waals surface area (Å²) < 4.78 is -0.240.